The number of hydrogen-bond acceptors (Lipinski definition) is 1. The van der Waals surface area contributed by atoms with Gasteiger partial charge < -0.3 is 5.73 Å². The summed E-state index contributed by atoms with van der Waals surface area (Å²) in [6, 6.07) is 4.48. The smallest absolute Gasteiger partial charge is 0.0352 e. The number of nitrogen functional groups attached to an aromatic ring is 1. The molecule has 0 aromatic heterocycles. The number of nitrogens with two attached hydrogens (primary N) is 1. The number of rotatable bonds is 1. The van der Waals surface area contributed by atoms with Crippen LogP contribution in [0.1, 0.15) is 36.5 Å². The fourth-order valence-corrected chi connectivity index (χ4v) is 2.17. The summed E-state index contributed by atoms with van der Waals surface area (Å²) >= 11 is 0. The van der Waals surface area contributed by atoms with Crippen LogP contribution in [0.2, 0.25) is 0 Å². The summed E-state index contributed by atoms with van der Waals surface area (Å²) in [6.45, 7) is 2.18. The van der Waals surface area contributed by atoms with Gasteiger partial charge in [0.15, 0.2) is 0 Å². The Morgan fingerprint density at radius 2 is 2.00 bits per heavy atom. The van der Waals surface area contributed by atoms with Crippen LogP contribution in [0.25, 0.3) is 0 Å². The fourth-order valence-electron chi connectivity index (χ4n) is 2.17. The van der Waals surface area contributed by atoms with Gasteiger partial charge >= 0.3 is 0 Å². The molecule has 1 aliphatic carbocycles. The Hall–Kier alpha value is -0.980. The molecule has 0 unspecified atom stereocenters. The minimum absolute atomic E-state index is 1.02. The highest BCUT2D eigenvalue weighted by Crippen LogP contribution is 2.27. The van der Waals surface area contributed by atoms with Crippen LogP contribution < -0.4 is 5.73 Å². The Morgan fingerprint density at radius 3 is 2.77 bits per heavy atom. The van der Waals surface area contributed by atoms with Crippen molar-refractivity contribution in [3.05, 3.63) is 28.8 Å². The second-order valence-electron chi connectivity index (χ2n) is 3.88. The summed E-state index contributed by atoms with van der Waals surface area (Å²) in [4.78, 5) is 0. The van der Waals surface area contributed by atoms with Gasteiger partial charge in [0.05, 0.1) is 0 Å². The van der Waals surface area contributed by atoms with Gasteiger partial charge in [-0.3, -0.25) is 0 Å². The molecule has 70 valence electrons. The van der Waals surface area contributed by atoms with Crippen molar-refractivity contribution in [1.29, 1.82) is 0 Å². The molecule has 0 atom stereocenters. The van der Waals surface area contributed by atoms with Gasteiger partial charge in [-0.2, -0.15) is 0 Å². The first-order valence-electron chi connectivity index (χ1n) is 5.21. The fraction of sp³-hybridized carbons (Fsp3) is 0.500. The van der Waals surface area contributed by atoms with E-state index in [0.717, 1.165) is 12.1 Å². The zero-order valence-electron chi connectivity index (χ0n) is 8.27. The monoisotopic (exact) mass is 175 g/mol. The molecular weight excluding hydrogens is 158 g/mol. The number of hydrogen-bond donors (Lipinski definition) is 1. The van der Waals surface area contributed by atoms with E-state index in [4.69, 9.17) is 5.73 Å². The average Bonchev–Trinajstić information content (AvgIpc) is 2.18. The maximum Gasteiger partial charge on any atom is 0.0352 e. The third kappa shape index (κ3) is 1.55. The van der Waals surface area contributed by atoms with Gasteiger partial charge in [0.2, 0.25) is 0 Å². The van der Waals surface area contributed by atoms with E-state index < -0.39 is 0 Å². The third-order valence-corrected chi connectivity index (χ3v) is 2.97. The summed E-state index contributed by atoms with van der Waals surface area (Å²) in [5, 5.41) is 0. The standard InChI is InChI=1S/C12H17N/c1-2-9-7-10-5-3-4-6-11(10)12(13)8-9/h7-8H,2-6,13H2,1H3. The van der Waals surface area contributed by atoms with E-state index in [1.165, 1.54) is 42.4 Å². The highest BCUT2D eigenvalue weighted by atomic mass is 14.6. The summed E-state index contributed by atoms with van der Waals surface area (Å²) in [7, 11) is 0. The molecule has 1 heteroatoms. The maximum atomic E-state index is 6.02. The normalized spacial score (nSPS) is 15.5. The van der Waals surface area contributed by atoms with Crippen molar-refractivity contribution < 1.29 is 0 Å². The Labute approximate surface area is 80.0 Å². The predicted octanol–water partition coefficient (Wildman–Crippen LogP) is 2.71. The summed E-state index contributed by atoms with van der Waals surface area (Å²) in [5.74, 6) is 0. The second kappa shape index (κ2) is 3.41. The Bertz CT molecular complexity index is 315. The lowest BCUT2D eigenvalue weighted by Gasteiger charge is -2.18. The summed E-state index contributed by atoms with van der Waals surface area (Å²) in [6.07, 6.45) is 6.15. The highest BCUT2D eigenvalue weighted by Gasteiger charge is 2.12. The zero-order valence-corrected chi connectivity index (χ0v) is 8.27. The van der Waals surface area contributed by atoms with Gasteiger partial charge in [-0.15, -0.1) is 0 Å². The lowest BCUT2D eigenvalue weighted by molar-refractivity contribution is 0.686. The predicted molar refractivity (Wildman–Crippen MR) is 56.9 cm³/mol. The summed E-state index contributed by atoms with van der Waals surface area (Å²) in [5.41, 5.74) is 11.3. The van der Waals surface area contributed by atoms with Crippen molar-refractivity contribution in [2.24, 2.45) is 0 Å². The van der Waals surface area contributed by atoms with Gasteiger partial charge in [0.25, 0.3) is 0 Å². The van der Waals surface area contributed by atoms with Crippen LogP contribution in [0.5, 0.6) is 0 Å². The number of anilines is 1. The highest BCUT2D eigenvalue weighted by molar-refractivity contribution is 5.54. The second-order valence-corrected chi connectivity index (χ2v) is 3.88. The molecule has 2 N–H and O–H groups in total. The van der Waals surface area contributed by atoms with Crippen molar-refractivity contribution >= 4 is 5.69 Å². The molecule has 1 nitrogen and oxygen atoms in total. The van der Waals surface area contributed by atoms with Gasteiger partial charge in [0, 0.05) is 5.69 Å². The first kappa shape index (κ1) is 8.61. The molecule has 0 spiro atoms. The Morgan fingerprint density at radius 1 is 1.23 bits per heavy atom. The van der Waals surface area contributed by atoms with Crippen molar-refractivity contribution in [3.8, 4) is 0 Å². The lowest BCUT2D eigenvalue weighted by atomic mass is 9.88. The molecule has 1 aromatic rings. The molecule has 1 aliphatic rings. The lowest BCUT2D eigenvalue weighted by Crippen LogP contribution is -2.07. The van der Waals surface area contributed by atoms with E-state index in [0.29, 0.717) is 0 Å². The molecular formula is C12H17N. The Kier molecular flexibility index (Phi) is 2.26. The van der Waals surface area contributed by atoms with Crippen LogP contribution in [0.15, 0.2) is 12.1 Å². The Balaban J connectivity index is 2.47. The molecule has 0 fully saturated rings. The van der Waals surface area contributed by atoms with Gasteiger partial charge in [0.1, 0.15) is 0 Å². The van der Waals surface area contributed by atoms with E-state index in [-0.39, 0.29) is 0 Å². The van der Waals surface area contributed by atoms with E-state index in [9.17, 15) is 0 Å². The SMILES string of the molecule is CCc1cc(N)c2c(c1)CCCC2. The number of fused-ring (bicyclic) bond motifs is 1. The van der Waals surface area contributed by atoms with E-state index >= 15 is 0 Å². The van der Waals surface area contributed by atoms with Gasteiger partial charge in [-0.05, 0) is 54.9 Å². The summed E-state index contributed by atoms with van der Waals surface area (Å²) < 4.78 is 0. The van der Waals surface area contributed by atoms with Crippen molar-refractivity contribution in [2.45, 2.75) is 39.0 Å². The van der Waals surface area contributed by atoms with E-state index in [2.05, 4.69) is 19.1 Å². The molecule has 13 heavy (non-hydrogen) atoms. The molecule has 0 amide bonds. The molecule has 0 saturated heterocycles. The van der Waals surface area contributed by atoms with Crippen LogP contribution >= 0.6 is 0 Å². The zero-order chi connectivity index (χ0) is 9.26. The largest absolute Gasteiger partial charge is 0.398 e. The molecule has 0 saturated carbocycles. The van der Waals surface area contributed by atoms with E-state index in [1.807, 2.05) is 0 Å². The van der Waals surface area contributed by atoms with Gasteiger partial charge in [-0.25, -0.2) is 0 Å². The topological polar surface area (TPSA) is 26.0 Å². The maximum absolute atomic E-state index is 6.02. The van der Waals surface area contributed by atoms with Crippen molar-refractivity contribution in [2.75, 3.05) is 5.73 Å². The molecule has 1 aromatic carbocycles. The minimum atomic E-state index is 1.02. The van der Waals surface area contributed by atoms with Crippen molar-refractivity contribution in [1.82, 2.24) is 0 Å². The molecule has 2 rings (SSSR count). The first-order valence-corrected chi connectivity index (χ1v) is 5.21. The number of aryl methyl sites for hydroxylation is 2. The van der Waals surface area contributed by atoms with Crippen LogP contribution in [-0.2, 0) is 19.3 Å². The van der Waals surface area contributed by atoms with Crippen LogP contribution in [0.3, 0.4) is 0 Å². The van der Waals surface area contributed by atoms with Crippen molar-refractivity contribution in [3.63, 3.8) is 0 Å². The molecule has 0 heterocycles. The van der Waals surface area contributed by atoms with E-state index in [1.54, 1.807) is 0 Å². The third-order valence-electron chi connectivity index (χ3n) is 2.97. The molecule has 0 bridgehead atoms. The average molecular weight is 175 g/mol. The minimum Gasteiger partial charge on any atom is -0.398 e. The first-order chi connectivity index (χ1) is 6.31. The van der Waals surface area contributed by atoms with Crippen LogP contribution in [0.4, 0.5) is 5.69 Å². The van der Waals surface area contributed by atoms with Crippen LogP contribution in [-0.4, -0.2) is 0 Å². The molecule has 0 aliphatic heterocycles. The quantitative estimate of drug-likeness (QED) is 0.652. The van der Waals surface area contributed by atoms with Gasteiger partial charge in [-0.1, -0.05) is 13.0 Å². The number of benzene rings is 1. The van der Waals surface area contributed by atoms with Crippen LogP contribution in [0, 0.1) is 0 Å². The molecule has 0 radical (unpaired) electrons.